The van der Waals surface area contributed by atoms with Crippen LogP contribution in [0.3, 0.4) is 0 Å². The molecule has 0 aromatic rings. The van der Waals surface area contributed by atoms with Crippen LogP contribution in [0.5, 0.6) is 0 Å². The quantitative estimate of drug-likeness (QED) is 0.526. The van der Waals surface area contributed by atoms with Gasteiger partial charge in [-0.15, -0.1) is 11.8 Å². The normalized spacial score (nSPS) is 9.27. The first-order valence-electron chi connectivity index (χ1n) is 3.01. The van der Waals surface area contributed by atoms with Gasteiger partial charge < -0.3 is 14.8 Å². The molecule has 0 spiro atoms. The highest BCUT2D eigenvalue weighted by Crippen LogP contribution is 1.98. The second-order valence-electron chi connectivity index (χ2n) is 2.15. The molecule has 0 radical (unpaired) electrons. The minimum absolute atomic E-state index is 0.0868. The number of hydrogen-bond acceptors (Lipinski definition) is 4. The smallest absolute Gasteiger partial charge is 0.232 e. The van der Waals surface area contributed by atoms with Gasteiger partial charge in [-0.2, -0.15) is 0 Å². The maximum Gasteiger partial charge on any atom is 0.232 e. The van der Waals surface area contributed by atoms with Gasteiger partial charge in [0.15, 0.2) is 0 Å². The molecule has 0 aliphatic heterocycles. The van der Waals surface area contributed by atoms with E-state index in [1.807, 2.05) is 0 Å². The summed E-state index contributed by atoms with van der Waals surface area (Å²) in [6.45, 7) is 0. The summed E-state index contributed by atoms with van der Waals surface area (Å²) in [7, 11) is 3.25. The molecular weight excluding hydrogens is 166 g/mol. The largest absolute Gasteiger partial charge is 0.549 e. The second kappa shape index (κ2) is 5.01. The van der Waals surface area contributed by atoms with E-state index in [1.165, 1.54) is 4.90 Å². The van der Waals surface area contributed by atoms with Crippen molar-refractivity contribution < 1.29 is 14.7 Å². The van der Waals surface area contributed by atoms with Gasteiger partial charge in [-0.3, -0.25) is 4.79 Å². The van der Waals surface area contributed by atoms with Gasteiger partial charge in [0, 0.05) is 19.8 Å². The molecule has 1 amide bonds. The highest BCUT2D eigenvalue weighted by Gasteiger charge is 2.02. The van der Waals surface area contributed by atoms with E-state index in [4.69, 9.17) is 0 Å². The van der Waals surface area contributed by atoms with Gasteiger partial charge in [-0.05, 0) is 0 Å². The van der Waals surface area contributed by atoms with Crippen molar-refractivity contribution in [1.29, 1.82) is 0 Å². The molecule has 64 valence electrons. The molecule has 0 saturated heterocycles. The summed E-state index contributed by atoms with van der Waals surface area (Å²) in [6, 6.07) is 0. The summed E-state index contributed by atoms with van der Waals surface area (Å²) >= 11 is 1.04. The standard InChI is InChI=1S/C6H11NO3S/c1-7(2)5(8)3-11-4-6(9)10/h3-4H2,1-2H3,(H,9,10)/p-1. The fourth-order valence-corrected chi connectivity index (χ4v) is 1.05. The number of carboxylic acids is 1. The molecule has 0 fully saturated rings. The van der Waals surface area contributed by atoms with Crippen LogP contribution < -0.4 is 5.11 Å². The summed E-state index contributed by atoms with van der Waals surface area (Å²) in [5.41, 5.74) is 0. The van der Waals surface area contributed by atoms with Crippen molar-refractivity contribution in [2.45, 2.75) is 0 Å². The average Bonchev–Trinajstić information content (AvgIpc) is 1.86. The zero-order chi connectivity index (χ0) is 8.85. The number of hydrogen-bond donors (Lipinski definition) is 0. The minimum Gasteiger partial charge on any atom is -0.549 e. The number of aliphatic carboxylic acids is 1. The lowest BCUT2D eigenvalue weighted by Crippen LogP contribution is -2.27. The van der Waals surface area contributed by atoms with E-state index in [-0.39, 0.29) is 17.4 Å². The van der Waals surface area contributed by atoms with E-state index in [9.17, 15) is 14.7 Å². The molecule has 4 nitrogen and oxygen atoms in total. The Morgan fingerprint density at radius 1 is 1.36 bits per heavy atom. The third-order valence-corrected chi connectivity index (χ3v) is 1.84. The fraction of sp³-hybridized carbons (Fsp3) is 0.667. The third kappa shape index (κ3) is 5.72. The monoisotopic (exact) mass is 176 g/mol. The second-order valence-corrected chi connectivity index (χ2v) is 3.14. The predicted molar refractivity (Wildman–Crippen MR) is 41.0 cm³/mol. The minimum atomic E-state index is -1.14. The van der Waals surface area contributed by atoms with Crippen LogP contribution >= 0.6 is 11.8 Å². The molecule has 0 heterocycles. The van der Waals surface area contributed by atoms with Gasteiger partial charge in [0.2, 0.25) is 5.91 Å². The van der Waals surface area contributed by atoms with E-state index in [1.54, 1.807) is 14.1 Å². The lowest BCUT2D eigenvalue weighted by molar-refractivity contribution is -0.301. The Kier molecular flexibility index (Phi) is 4.69. The van der Waals surface area contributed by atoms with Crippen LogP contribution in [0.25, 0.3) is 0 Å². The van der Waals surface area contributed by atoms with Crippen molar-refractivity contribution in [1.82, 2.24) is 4.90 Å². The molecule has 0 aromatic carbocycles. The Bertz CT molecular complexity index is 158. The lowest BCUT2D eigenvalue weighted by atomic mass is 10.6. The molecule has 0 aliphatic carbocycles. The molecule has 0 bridgehead atoms. The Morgan fingerprint density at radius 2 is 1.91 bits per heavy atom. The number of carbonyl (C=O) groups excluding carboxylic acids is 2. The summed E-state index contributed by atoms with van der Waals surface area (Å²) < 4.78 is 0. The maximum absolute atomic E-state index is 10.8. The number of carbonyl (C=O) groups is 2. The van der Waals surface area contributed by atoms with Gasteiger partial charge in [-0.1, -0.05) is 0 Å². The molecule has 0 N–H and O–H groups in total. The fourth-order valence-electron chi connectivity index (χ4n) is 0.351. The number of amides is 1. The van der Waals surface area contributed by atoms with Crippen molar-refractivity contribution in [2.24, 2.45) is 0 Å². The molecule has 11 heavy (non-hydrogen) atoms. The lowest BCUT2D eigenvalue weighted by Gasteiger charge is -2.09. The number of rotatable bonds is 4. The van der Waals surface area contributed by atoms with Gasteiger partial charge in [-0.25, -0.2) is 0 Å². The van der Waals surface area contributed by atoms with Crippen LogP contribution in [0.15, 0.2) is 0 Å². The summed E-state index contributed by atoms with van der Waals surface area (Å²) in [5.74, 6) is -1.15. The molecule has 0 aromatic heterocycles. The van der Waals surface area contributed by atoms with Crippen LogP contribution in [0, 0.1) is 0 Å². The van der Waals surface area contributed by atoms with Crippen molar-refractivity contribution in [2.75, 3.05) is 25.6 Å². The first-order chi connectivity index (χ1) is 5.04. The average molecular weight is 176 g/mol. The molecule has 0 rings (SSSR count). The van der Waals surface area contributed by atoms with Gasteiger partial charge in [0.1, 0.15) is 0 Å². The van der Waals surface area contributed by atoms with Crippen LogP contribution in [0.2, 0.25) is 0 Å². The van der Waals surface area contributed by atoms with Crippen LogP contribution in [-0.4, -0.2) is 42.4 Å². The zero-order valence-electron chi connectivity index (χ0n) is 6.49. The molecule has 5 heteroatoms. The van der Waals surface area contributed by atoms with Gasteiger partial charge in [0.25, 0.3) is 0 Å². The van der Waals surface area contributed by atoms with Crippen molar-refractivity contribution in [3.63, 3.8) is 0 Å². The summed E-state index contributed by atoms with van der Waals surface area (Å²) in [4.78, 5) is 22.1. The molecule has 0 aliphatic rings. The van der Waals surface area contributed by atoms with E-state index in [0.717, 1.165) is 11.8 Å². The van der Waals surface area contributed by atoms with Crippen molar-refractivity contribution in [3.8, 4) is 0 Å². The Morgan fingerprint density at radius 3 is 2.27 bits per heavy atom. The van der Waals surface area contributed by atoms with Gasteiger partial charge >= 0.3 is 0 Å². The number of thioether (sulfide) groups is 1. The topological polar surface area (TPSA) is 60.4 Å². The van der Waals surface area contributed by atoms with Crippen molar-refractivity contribution in [3.05, 3.63) is 0 Å². The van der Waals surface area contributed by atoms with Gasteiger partial charge in [0.05, 0.1) is 11.7 Å². The van der Waals surface area contributed by atoms with E-state index in [0.29, 0.717) is 0 Å². The maximum atomic E-state index is 10.8. The third-order valence-electron chi connectivity index (χ3n) is 0.944. The summed E-state index contributed by atoms with van der Waals surface area (Å²) in [6.07, 6.45) is 0. The van der Waals surface area contributed by atoms with Crippen LogP contribution in [0.1, 0.15) is 0 Å². The van der Waals surface area contributed by atoms with E-state index >= 15 is 0 Å². The van der Waals surface area contributed by atoms with Crippen LogP contribution in [0.4, 0.5) is 0 Å². The van der Waals surface area contributed by atoms with Crippen LogP contribution in [-0.2, 0) is 9.59 Å². The number of carboxylic acid groups (broad SMARTS) is 1. The zero-order valence-corrected chi connectivity index (χ0v) is 7.31. The molecular formula is C6H10NO3S-. The molecule has 0 saturated carbocycles. The van der Waals surface area contributed by atoms with E-state index < -0.39 is 5.97 Å². The predicted octanol–water partition coefficient (Wildman–Crippen LogP) is -1.44. The first kappa shape index (κ1) is 10.3. The SMILES string of the molecule is CN(C)C(=O)CSCC(=O)[O-]. The highest BCUT2D eigenvalue weighted by molar-refractivity contribution is 8.00. The van der Waals surface area contributed by atoms with Crippen molar-refractivity contribution >= 4 is 23.6 Å². The Labute approximate surface area is 69.6 Å². The number of nitrogens with zero attached hydrogens (tertiary/aromatic N) is 1. The summed E-state index contributed by atoms with van der Waals surface area (Å²) in [5, 5.41) is 9.89. The first-order valence-corrected chi connectivity index (χ1v) is 4.17. The molecule has 0 unspecified atom stereocenters. The highest BCUT2D eigenvalue weighted by atomic mass is 32.2. The Balaban J connectivity index is 3.39. The van der Waals surface area contributed by atoms with E-state index in [2.05, 4.69) is 0 Å². The molecule has 0 atom stereocenters. The Hall–Kier alpha value is -0.710.